The molecule has 1 aromatic carbocycles. The van der Waals surface area contributed by atoms with Crippen molar-refractivity contribution in [1.29, 1.82) is 0 Å². The lowest BCUT2D eigenvalue weighted by Crippen LogP contribution is -2.46. The quantitative estimate of drug-likeness (QED) is 0.543. The first-order chi connectivity index (χ1) is 15.2. The van der Waals surface area contributed by atoms with Crippen LogP contribution in [0.2, 0.25) is 0 Å². The Morgan fingerprint density at radius 2 is 2.00 bits per heavy atom. The highest BCUT2D eigenvalue weighted by molar-refractivity contribution is 7.92. The van der Waals surface area contributed by atoms with Crippen LogP contribution >= 0.6 is 11.3 Å². The third-order valence-corrected chi connectivity index (χ3v) is 8.68. The predicted molar refractivity (Wildman–Crippen MR) is 120 cm³/mol. The monoisotopic (exact) mass is 473 g/mol. The summed E-state index contributed by atoms with van der Waals surface area (Å²) in [6.45, 7) is 0.0642. The lowest BCUT2D eigenvalue weighted by Gasteiger charge is -2.31. The number of aryl methyl sites for hydroxylation is 2. The SMILES string of the molecule is CS(=O)(=O)N1CCCc2cc(C(=O)CN3C(=O)NC4(CCCc5sccc54)C3=O)ccc21. The molecule has 1 aliphatic carbocycles. The van der Waals surface area contributed by atoms with Crippen LogP contribution in [0.4, 0.5) is 10.5 Å². The third-order valence-electron chi connectivity index (χ3n) is 6.52. The number of carbonyl (C=O) groups excluding carboxylic acids is 3. The van der Waals surface area contributed by atoms with Crippen molar-refractivity contribution in [1.82, 2.24) is 10.2 Å². The Hall–Kier alpha value is -2.72. The van der Waals surface area contributed by atoms with Crippen LogP contribution < -0.4 is 9.62 Å². The van der Waals surface area contributed by atoms with Gasteiger partial charge in [0.1, 0.15) is 5.54 Å². The van der Waals surface area contributed by atoms with Gasteiger partial charge >= 0.3 is 6.03 Å². The van der Waals surface area contributed by atoms with Crippen LogP contribution in [0.5, 0.6) is 0 Å². The molecule has 1 aromatic heterocycles. The van der Waals surface area contributed by atoms with Crippen molar-refractivity contribution >= 4 is 44.8 Å². The molecule has 2 aliphatic heterocycles. The first-order valence-electron chi connectivity index (χ1n) is 10.6. The Labute approximate surface area is 190 Å². The van der Waals surface area contributed by atoms with Crippen LogP contribution in [0.3, 0.4) is 0 Å². The summed E-state index contributed by atoms with van der Waals surface area (Å²) in [5, 5.41) is 4.79. The lowest BCUT2D eigenvalue weighted by atomic mass is 9.80. The van der Waals surface area contributed by atoms with Crippen LogP contribution in [-0.4, -0.2) is 50.4 Å². The van der Waals surface area contributed by atoms with Gasteiger partial charge in [0, 0.05) is 22.5 Å². The number of anilines is 1. The van der Waals surface area contributed by atoms with Crippen LogP contribution in [0.15, 0.2) is 29.6 Å². The molecule has 1 N–H and O–H groups in total. The number of carbonyl (C=O) groups is 3. The Balaban J connectivity index is 1.40. The number of thiophene rings is 1. The fraction of sp³-hybridized carbons (Fsp3) is 0.409. The molecular weight excluding hydrogens is 450 g/mol. The number of rotatable bonds is 4. The normalized spacial score (nSPS) is 22.7. The van der Waals surface area contributed by atoms with Crippen LogP contribution in [0.25, 0.3) is 0 Å². The number of urea groups is 1. The molecule has 32 heavy (non-hydrogen) atoms. The fourth-order valence-corrected chi connectivity index (χ4v) is 7.00. The molecule has 3 aliphatic rings. The zero-order chi connectivity index (χ0) is 22.7. The van der Waals surface area contributed by atoms with E-state index in [9.17, 15) is 22.8 Å². The van der Waals surface area contributed by atoms with E-state index >= 15 is 0 Å². The topological polar surface area (TPSA) is 104 Å². The first-order valence-corrected chi connectivity index (χ1v) is 13.3. The summed E-state index contributed by atoms with van der Waals surface area (Å²) in [6, 6.07) is 6.22. The number of nitrogens with one attached hydrogen (secondary N) is 1. The van der Waals surface area contributed by atoms with Gasteiger partial charge in [0.15, 0.2) is 5.78 Å². The molecule has 1 fully saturated rings. The van der Waals surface area contributed by atoms with E-state index < -0.39 is 21.6 Å². The van der Waals surface area contributed by atoms with Gasteiger partial charge in [0.2, 0.25) is 10.0 Å². The number of nitrogens with zero attached hydrogens (tertiary/aromatic N) is 2. The molecule has 1 spiro atoms. The number of sulfonamides is 1. The van der Waals surface area contributed by atoms with Crippen molar-refractivity contribution in [2.75, 3.05) is 23.7 Å². The van der Waals surface area contributed by atoms with Gasteiger partial charge in [-0.15, -0.1) is 11.3 Å². The Morgan fingerprint density at radius 3 is 2.78 bits per heavy atom. The first kappa shape index (κ1) is 21.1. The van der Waals surface area contributed by atoms with E-state index in [1.807, 2.05) is 11.4 Å². The van der Waals surface area contributed by atoms with Crippen molar-refractivity contribution in [2.24, 2.45) is 0 Å². The molecule has 10 heteroatoms. The molecule has 1 unspecified atom stereocenters. The number of hydrogen-bond acceptors (Lipinski definition) is 6. The van der Waals surface area contributed by atoms with Gasteiger partial charge in [0.05, 0.1) is 18.5 Å². The highest BCUT2D eigenvalue weighted by atomic mass is 32.2. The second-order valence-corrected chi connectivity index (χ2v) is 11.5. The van der Waals surface area contributed by atoms with Crippen LogP contribution in [0, 0.1) is 0 Å². The molecular formula is C22H23N3O5S2. The van der Waals surface area contributed by atoms with Gasteiger partial charge in [-0.2, -0.15) is 0 Å². The average molecular weight is 474 g/mol. The number of Topliss-reactive ketones (excluding diaryl/α,β-unsaturated/α-hetero) is 1. The predicted octanol–water partition coefficient (Wildman–Crippen LogP) is 2.43. The van der Waals surface area contributed by atoms with E-state index in [1.54, 1.807) is 29.5 Å². The number of amides is 3. The molecule has 8 nitrogen and oxygen atoms in total. The van der Waals surface area contributed by atoms with Gasteiger partial charge in [0.25, 0.3) is 5.91 Å². The molecule has 3 amide bonds. The lowest BCUT2D eigenvalue weighted by molar-refractivity contribution is -0.131. The number of fused-ring (bicyclic) bond motifs is 3. The second kappa shape index (κ2) is 7.41. The van der Waals surface area contributed by atoms with Crippen molar-refractivity contribution in [3.05, 3.63) is 51.2 Å². The van der Waals surface area contributed by atoms with Gasteiger partial charge < -0.3 is 5.32 Å². The van der Waals surface area contributed by atoms with E-state index in [-0.39, 0.29) is 18.2 Å². The molecule has 0 saturated carbocycles. The minimum Gasteiger partial charge on any atom is -0.319 e. The van der Waals surface area contributed by atoms with E-state index in [0.717, 1.165) is 33.7 Å². The summed E-state index contributed by atoms with van der Waals surface area (Å²) < 4.78 is 25.5. The zero-order valence-electron chi connectivity index (χ0n) is 17.6. The minimum absolute atomic E-state index is 0.347. The molecule has 0 radical (unpaired) electrons. The number of ketones is 1. The van der Waals surface area contributed by atoms with Crippen molar-refractivity contribution in [2.45, 2.75) is 37.6 Å². The van der Waals surface area contributed by atoms with E-state index in [4.69, 9.17) is 0 Å². The van der Waals surface area contributed by atoms with Gasteiger partial charge in [-0.1, -0.05) is 0 Å². The molecule has 168 valence electrons. The van der Waals surface area contributed by atoms with Crippen molar-refractivity contribution in [3.63, 3.8) is 0 Å². The largest absolute Gasteiger partial charge is 0.325 e. The number of benzene rings is 1. The Kier molecular flexibility index (Phi) is 4.90. The van der Waals surface area contributed by atoms with Gasteiger partial charge in [-0.05, 0) is 67.3 Å². The molecule has 3 heterocycles. The average Bonchev–Trinajstić information content (AvgIpc) is 3.33. The molecule has 0 bridgehead atoms. The summed E-state index contributed by atoms with van der Waals surface area (Å²) >= 11 is 1.58. The zero-order valence-corrected chi connectivity index (χ0v) is 19.2. The molecule has 1 saturated heterocycles. The van der Waals surface area contributed by atoms with Crippen molar-refractivity contribution in [3.8, 4) is 0 Å². The maximum Gasteiger partial charge on any atom is 0.325 e. The third kappa shape index (κ3) is 3.24. The van der Waals surface area contributed by atoms with Crippen LogP contribution in [-0.2, 0) is 33.2 Å². The Bertz CT molecular complexity index is 1250. The maximum atomic E-state index is 13.3. The smallest absolute Gasteiger partial charge is 0.319 e. The van der Waals surface area contributed by atoms with E-state index in [1.165, 1.54) is 10.6 Å². The number of hydrogen-bond donors (Lipinski definition) is 1. The summed E-state index contributed by atoms with van der Waals surface area (Å²) in [6.07, 6.45) is 4.69. The standard InChI is InChI=1S/C22H23N3O5S2/c1-32(29,30)25-10-3-4-14-12-15(6-7-17(14)25)18(26)13-24-20(27)22(23-21(24)28)9-2-5-19-16(22)8-11-31-19/h6-8,11-12H,2-5,9-10,13H2,1H3,(H,23,28). The summed E-state index contributed by atoms with van der Waals surface area (Å²) in [4.78, 5) is 41.2. The van der Waals surface area contributed by atoms with Crippen molar-refractivity contribution < 1.29 is 22.8 Å². The fourth-order valence-electron chi connectivity index (χ4n) is 5.00. The summed E-state index contributed by atoms with van der Waals surface area (Å²) in [7, 11) is -3.40. The summed E-state index contributed by atoms with van der Waals surface area (Å²) in [5.74, 6) is -0.734. The highest BCUT2D eigenvalue weighted by Crippen LogP contribution is 2.42. The molecule has 5 rings (SSSR count). The second-order valence-electron chi connectivity index (χ2n) is 8.54. The number of imide groups is 1. The highest BCUT2D eigenvalue weighted by Gasteiger charge is 2.54. The Morgan fingerprint density at radius 1 is 1.19 bits per heavy atom. The summed E-state index contributed by atoms with van der Waals surface area (Å²) in [5.41, 5.74) is 1.49. The molecule has 2 aromatic rings. The van der Waals surface area contributed by atoms with Gasteiger partial charge in [-0.25, -0.2) is 13.2 Å². The van der Waals surface area contributed by atoms with Crippen LogP contribution in [0.1, 0.15) is 45.6 Å². The molecule has 1 atom stereocenters. The minimum atomic E-state index is -3.40. The van der Waals surface area contributed by atoms with Gasteiger partial charge in [-0.3, -0.25) is 18.8 Å². The maximum absolute atomic E-state index is 13.3. The van der Waals surface area contributed by atoms with E-state index in [2.05, 4.69) is 5.32 Å². The van der Waals surface area contributed by atoms with E-state index in [0.29, 0.717) is 37.1 Å².